The molecule has 7 nitrogen and oxygen atoms in total. The summed E-state index contributed by atoms with van der Waals surface area (Å²) in [5, 5.41) is 3.33. The summed E-state index contributed by atoms with van der Waals surface area (Å²) >= 11 is 1.47. The minimum Gasteiger partial charge on any atom is -0.339 e. The molecule has 0 spiro atoms. The third kappa shape index (κ3) is 4.63. The summed E-state index contributed by atoms with van der Waals surface area (Å²) < 4.78 is 1.32. The molecule has 0 aliphatic rings. The van der Waals surface area contributed by atoms with Gasteiger partial charge in [-0.3, -0.25) is 19.0 Å². The molecule has 2 aromatic heterocycles. The zero-order valence-corrected chi connectivity index (χ0v) is 20.2. The van der Waals surface area contributed by atoms with Crippen LogP contribution in [-0.2, 0) is 11.3 Å². The third-order valence-electron chi connectivity index (χ3n) is 5.73. The van der Waals surface area contributed by atoms with Crippen molar-refractivity contribution in [1.82, 2.24) is 14.5 Å². The van der Waals surface area contributed by atoms with Crippen LogP contribution in [0.1, 0.15) is 29.8 Å². The number of aromatic nitrogens is 2. The minimum atomic E-state index is -0.345. The zero-order valence-electron chi connectivity index (χ0n) is 19.4. The van der Waals surface area contributed by atoms with Gasteiger partial charge in [-0.05, 0) is 56.2 Å². The molecule has 174 valence electrons. The molecule has 34 heavy (non-hydrogen) atoms. The van der Waals surface area contributed by atoms with Crippen molar-refractivity contribution in [2.75, 3.05) is 18.4 Å². The summed E-state index contributed by atoms with van der Waals surface area (Å²) in [5.74, 6) is -0.392. The van der Waals surface area contributed by atoms with Crippen LogP contribution >= 0.6 is 11.3 Å². The lowest BCUT2D eigenvalue weighted by Gasteiger charge is -2.18. The van der Waals surface area contributed by atoms with Gasteiger partial charge in [0.1, 0.15) is 11.4 Å². The van der Waals surface area contributed by atoms with E-state index in [1.54, 1.807) is 29.2 Å². The number of carbonyl (C=O) groups is 2. The number of nitrogens with zero attached hydrogens (tertiary/aromatic N) is 3. The third-order valence-corrected chi connectivity index (χ3v) is 6.98. The maximum Gasteiger partial charge on any atom is 0.262 e. The van der Waals surface area contributed by atoms with Crippen LogP contribution in [0.15, 0.2) is 65.7 Å². The molecule has 2 heterocycles. The molecule has 8 heteroatoms. The van der Waals surface area contributed by atoms with Gasteiger partial charge in [-0.2, -0.15) is 0 Å². The Hall–Kier alpha value is -3.78. The summed E-state index contributed by atoms with van der Waals surface area (Å²) in [6.07, 6.45) is 1.42. The van der Waals surface area contributed by atoms with Gasteiger partial charge >= 0.3 is 0 Å². The molecular weight excluding hydrogens is 448 g/mol. The first kappa shape index (κ1) is 23.4. The Labute approximate surface area is 201 Å². The van der Waals surface area contributed by atoms with E-state index in [0.29, 0.717) is 34.6 Å². The van der Waals surface area contributed by atoms with E-state index < -0.39 is 0 Å². The van der Waals surface area contributed by atoms with E-state index in [2.05, 4.69) is 10.3 Å². The molecule has 2 amide bonds. The highest BCUT2D eigenvalue weighted by Crippen LogP contribution is 2.35. The molecule has 0 atom stereocenters. The topological polar surface area (TPSA) is 84.3 Å². The van der Waals surface area contributed by atoms with Crippen LogP contribution in [0.3, 0.4) is 0 Å². The van der Waals surface area contributed by atoms with Crippen LogP contribution in [0.25, 0.3) is 20.7 Å². The largest absolute Gasteiger partial charge is 0.339 e. The molecule has 0 unspecified atom stereocenters. The number of rotatable bonds is 7. The van der Waals surface area contributed by atoms with Gasteiger partial charge in [-0.25, -0.2) is 4.98 Å². The van der Waals surface area contributed by atoms with Crippen molar-refractivity contribution in [3.63, 3.8) is 0 Å². The van der Waals surface area contributed by atoms with Gasteiger partial charge in [-0.15, -0.1) is 11.3 Å². The van der Waals surface area contributed by atoms with E-state index >= 15 is 0 Å². The number of anilines is 1. The molecule has 0 saturated heterocycles. The second kappa shape index (κ2) is 10.0. The van der Waals surface area contributed by atoms with Crippen LogP contribution in [0.5, 0.6) is 0 Å². The summed E-state index contributed by atoms with van der Waals surface area (Å²) in [4.78, 5) is 46.0. The van der Waals surface area contributed by atoms with E-state index in [0.717, 1.165) is 16.0 Å². The van der Waals surface area contributed by atoms with Crippen molar-refractivity contribution in [3.8, 4) is 10.4 Å². The van der Waals surface area contributed by atoms with E-state index in [1.807, 2.05) is 51.1 Å². The molecule has 0 bridgehead atoms. The van der Waals surface area contributed by atoms with Crippen molar-refractivity contribution >= 4 is 39.1 Å². The number of aryl methyl sites for hydroxylation is 1. The standard InChI is InChI=1S/C26H26N4O3S/c1-4-29(5-2)25(32)19-11-13-20(14-12-19)28-21(31)15-30-16-27-24-22(26(30)33)17(3)23(34-24)18-9-7-6-8-10-18/h6-14,16H,4-5,15H2,1-3H3,(H,28,31). The molecule has 0 saturated carbocycles. The number of fused-ring (bicyclic) bond motifs is 1. The van der Waals surface area contributed by atoms with E-state index in [4.69, 9.17) is 0 Å². The van der Waals surface area contributed by atoms with Crippen molar-refractivity contribution in [2.24, 2.45) is 0 Å². The number of carbonyl (C=O) groups excluding carboxylic acids is 2. The fourth-order valence-corrected chi connectivity index (χ4v) is 5.03. The zero-order chi connectivity index (χ0) is 24.2. The number of benzene rings is 2. The average Bonchev–Trinajstić information content (AvgIpc) is 3.19. The van der Waals surface area contributed by atoms with Gasteiger partial charge < -0.3 is 10.2 Å². The van der Waals surface area contributed by atoms with Crippen molar-refractivity contribution in [1.29, 1.82) is 0 Å². The fourth-order valence-electron chi connectivity index (χ4n) is 3.88. The monoisotopic (exact) mass is 474 g/mol. The Kier molecular flexibility index (Phi) is 6.88. The van der Waals surface area contributed by atoms with Gasteiger partial charge in [0, 0.05) is 29.2 Å². The molecule has 2 aromatic carbocycles. The Morgan fingerprint density at radius 1 is 1.03 bits per heavy atom. The van der Waals surface area contributed by atoms with Crippen molar-refractivity contribution in [3.05, 3.63) is 82.4 Å². The van der Waals surface area contributed by atoms with Crippen LogP contribution < -0.4 is 10.9 Å². The van der Waals surface area contributed by atoms with Crippen LogP contribution in [0.2, 0.25) is 0 Å². The molecule has 0 fully saturated rings. The quantitative estimate of drug-likeness (QED) is 0.426. The first-order valence-electron chi connectivity index (χ1n) is 11.2. The first-order chi connectivity index (χ1) is 16.4. The van der Waals surface area contributed by atoms with Gasteiger partial charge in [0.15, 0.2) is 0 Å². The first-order valence-corrected chi connectivity index (χ1v) is 12.0. The molecular formula is C26H26N4O3S. The lowest BCUT2D eigenvalue weighted by molar-refractivity contribution is -0.116. The van der Waals surface area contributed by atoms with Crippen molar-refractivity contribution < 1.29 is 9.59 Å². The highest BCUT2D eigenvalue weighted by molar-refractivity contribution is 7.22. The molecule has 1 N–H and O–H groups in total. The van der Waals surface area contributed by atoms with E-state index in [9.17, 15) is 14.4 Å². The number of thiophene rings is 1. The minimum absolute atomic E-state index is 0.0465. The highest BCUT2D eigenvalue weighted by Gasteiger charge is 2.17. The molecule has 0 radical (unpaired) electrons. The Morgan fingerprint density at radius 2 is 1.71 bits per heavy atom. The van der Waals surface area contributed by atoms with Gasteiger partial charge in [-0.1, -0.05) is 30.3 Å². The Bertz CT molecular complexity index is 1390. The number of hydrogen-bond donors (Lipinski definition) is 1. The average molecular weight is 475 g/mol. The van der Waals surface area contributed by atoms with Crippen LogP contribution in [-0.4, -0.2) is 39.4 Å². The second-order valence-corrected chi connectivity index (χ2v) is 8.88. The number of nitrogens with one attached hydrogen (secondary N) is 1. The predicted molar refractivity (Wildman–Crippen MR) is 136 cm³/mol. The lowest BCUT2D eigenvalue weighted by Crippen LogP contribution is -2.30. The normalized spacial score (nSPS) is 10.9. The summed E-state index contributed by atoms with van der Waals surface area (Å²) in [6, 6.07) is 16.6. The molecule has 4 aromatic rings. The van der Waals surface area contributed by atoms with E-state index in [1.165, 1.54) is 22.2 Å². The fraction of sp³-hybridized carbons (Fsp3) is 0.231. The van der Waals surface area contributed by atoms with Crippen molar-refractivity contribution in [2.45, 2.75) is 27.3 Å². The summed E-state index contributed by atoms with van der Waals surface area (Å²) in [7, 11) is 0. The maximum absolute atomic E-state index is 13.1. The predicted octanol–water partition coefficient (Wildman–Crippen LogP) is 4.55. The van der Waals surface area contributed by atoms with Gasteiger partial charge in [0.2, 0.25) is 5.91 Å². The SMILES string of the molecule is CCN(CC)C(=O)c1ccc(NC(=O)Cn2cnc3sc(-c4ccccc4)c(C)c3c2=O)cc1. The summed E-state index contributed by atoms with van der Waals surface area (Å²) in [5.41, 5.74) is 2.79. The van der Waals surface area contributed by atoms with Gasteiger partial charge in [0.25, 0.3) is 11.5 Å². The number of amides is 2. The molecule has 0 aliphatic heterocycles. The van der Waals surface area contributed by atoms with E-state index in [-0.39, 0.29) is 23.9 Å². The second-order valence-electron chi connectivity index (χ2n) is 7.88. The summed E-state index contributed by atoms with van der Waals surface area (Å²) in [6.45, 7) is 6.90. The highest BCUT2D eigenvalue weighted by atomic mass is 32.1. The Morgan fingerprint density at radius 3 is 2.35 bits per heavy atom. The van der Waals surface area contributed by atoms with Crippen LogP contribution in [0.4, 0.5) is 5.69 Å². The Balaban J connectivity index is 1.51. The van der Waals surface area contributed by atoms with Crippen LogP contribution in [0, 0.1) is 6.92 Å². The molecule has 0 aliphatic carbocycles. The smallest absolute Gasteiger partial charge is 0.262 e. The number of hydrogen-bond acceptors (Lipinski definition) is 5. The maximum atomic E-state index is 13.1. The van der Waals surface area contributed by atoms with Gasteiger partial charge in [0.05, 0.1) is 11.7 Å². The lowest BCUT2D eigenvalue weighted by atomic mass is 10.1. The molecule has 4 rings (SSSR count).